The fourth-order valence-electron chi connectivity index (χ4n) is 3.56. The highest BCUT2D eigenvalue weighted by molar-refractivity contribution is 5.94. The smallest absolute Gasteiger partial charge is 0.251 e. The van der Waals surface area contributed by atoms with Crippen LogP contribution in [0.15, 0.2) is 42.5 Å². The number of amides is 1. The van der Waals surface area contributed by atoms with Gasteiger partial charge in [0.05, 0.1) is 33.5 Å². The molecule has 0 aliphatic carbocycles. The molecule has 0 unspecified atom stereocenters. The van der Waals surface area contributed by atoms with Crippen molar-refractivity contribution in [1.29, 1.82) is 0 Å². The Morgan fingerprint density at radius 1 is 1.10 bits per heavy atom. The number of methoxy groups -OCH3 is 2. The average Bonchev–Trinajstić information content (AvgIpc) is 2.77. The summed E-state index contributed by atoms with van der Waals surface area (Å²) in [4.78, 5) is 15.3. The van der Waals surface area contributed by atoms with Crippen LogP contribution in [0.5, 0.6) is 11.5 Å². The summed E-state index contributed by atoms with van der Waals surface area (Å²) in [6.07, 6.45) is 0.773. The Balaban J connectivity index is 1.70. The maximum Gasteiger partial charge on any atom is 0.251 e. The van der Waals surface area contributed by atoms with E-state index in [1.54, 1.807) is 14.2 Å². The summed E-state index contributed by atoms with van der Waals surface area (Å²) in [7, 11) is 3.22. The first kappa shape index (κ1) is 21.1. The second-order valence-corrected chi connectivity index (χ2v) is 7.14. The van der Waals surface area contributed by atoms with Crippen molar-refractivity contribution in [3.05, 3.63) is 59.2 Å². The highest BCUT2D eigenvalue weighted by atomic mass is 16.5. The first-order valence-corrected chi connectivity index (χ1v) is 10.1. The first-order valence-electron chi connectivity index (χ1n) is 10.1. The number of nitrogens with zero attached hydrogens (tertiary/aromatic N) is 1. The van der Waals surface area contributed by atoms with Gasteiger partial charge in [0.2, 0.25) is 0 Å². The van der Waals surface area contributed by atoms with Crippen molar-refractivity contribution in [3.8, 4) is 11.5 Å². The fraction of sp³-hybridized carbons (Fsp3) is 0.435. The number of benzene rings is 2. The van der Waals surface area contributed by atoms with Crippen LogP contribution in [-0.2, 0) is 11.3 Å². The summed E-state index contributed by atoms with van der Waals surface area (Å²) >= 11 is 0. The summed E-state index contributed by atoms with van der Waals surface area (Å²) in [5.41, 5.74) is 2.80. The van der Waals surface area contributed by atoms with E-state index in [1.807, 2.05) is 36.4 Å². The lowest BCUT2D eigenvalue weighted by Crippen LogP contribution is -2.35. The van der Waals surface area contributed by atoms with Crippen LogP contribution in [-0.4, -0.2) is 51.3 Å². The van der Waals surface area contributed by atoms with Crippen LogP contribution in [0.2, 0.25) is 0 Å². The summed E-state index contributed by atoms with van der Waals surface area (Å²) in [5.74, 6) is 1.26. The van der Waals surface area contributed by atoms with Crippen LogP contribution in [0.4, 0.5) is 0 Å². The van der Waals surface area contributed by atoms with Gasteiger partial charge in [-0.05, 0) is 41.8 Å². The van der Waals surface area contributed by atoms with Crippen molar-refractivity contribution in [2.75, 3.05) is 40.5 Å². The third kappa shape index (κ3) is 5.49. The van der Waals surface area contributed by atoms with E-state index in [2.05, 4.69) is 23.2 Å². The maximum absolute atomic E-state index is 12.9. The number of hydrogen-bond acceptors (Lipinski definition) is 5. The third-order valence-corrected chi connectivity index (χ3v) is 5.22. The van der Waals surface area contributed by atoms with Crippen molar-refractivity contribution in [3.63, 3.8) is 0 Å². The largest absolute Gasteiger partial charge is 0.493 e. The zero-order valence-corrected chi connectivity index (χ0v) is 17.4. The molecule has 0 spiro atoms. The molecule has 1 aliphatic rings. The molecule has 0 radical (unpaired) electrons. The Morgan fingerprint density at radius 3 is 2.55 bits per heavy atom. The molecule has 29 heavy (non-hydrogen) atoms. The Kier molecular flexibility index (Phi) is 7.49. The monoisotopic (exact) mass is 398 g/mol. The van der Waals surface area contributed by atoms with Gasteiger partial charge in [0, 0.05) is 25.2 Å². The van der Waals surface area contributed by atoms with E-state index in [4.69, 9.17) is 14.2 Å². The topological polar surface area (TPSA) is 60.0 Å². The Labute approximate surface area is 172 Å². The second-order valence-electron chi connectivity index (χ2n) is 7.14. The molecule has 2 aromatic carbocycles. The predicted octanol–water partition coefficient (Wildman–Crippen LogP) is 3.42. The fourth-order valence-corrected chi connectivity index (χ4v) is 3.56. The molecule has 0 saturated carbocycles. The van der Waals surface area contributed by atoms with Gasteiger partial charge in [-0.3, -0.25) is 9.69 Å². The van der Waals surface area contributed by atoms with Crippen LogP contribution in [0, 0.1) is 0 Å². The summed E-state index contributed by atoms with van der Waals surface area (Å²) in [6.45, 7) is 6.27. The van der Waals surface area contributed by atoms with Gasteiger partial charge in [-0.15, -0.1) is 0 Å². The van der Waals surface area contributed by atoms with Crippen LogP contribution < -0.4 is 14.8 Å². The molecule has 6 heteroatoms. The minimum absolute atomic E-state index is 0.0736. The minimum atomic E-state index is -0.106. The molecule has 3 rings (SSSR count). The molecule has 1 aliphatic heterocycles. The van der Waals surface area contributed by atoms with Gasteiger partial charge in [0.15, 0.2) is 11.5 Å². The molecule has 1 heterocycles. The Bertz CT molecular complexity index is 818. The van der Waals surface area contributed by atoms with Gasteiger partial charge < -0.3 is 19.5 Å². The molecule has 2 aromatic rings. The third-order valence-electron chi connectivity index (χ3n) is 5.22. The molecule has 1 N–H and O–H groups in total. The summed E-state index contributed by atoms with van der Waals surface area (Å²) in [5, 5.41) is 3.15. The predicted molar refractivity (Wildman–Crippen MR) is 113 cm³/mol. The average molecular weight is 399 g/mol. The number of ether oxygens (including phenoxy) is 3. The minimum Gasteiger partial charge on any atom is -0.493 e. The van der Waals surface area contributed by atoms with E-state index in [0.29, 0.717) is 17.1 Å². The maximum atomic E-state index is 12.9. The molecule has 1 saturated heterocycles. The van der Waals surface area contributed by atoms with E-state index >= 15 is 0 Å². The van der Waals surface area contributed by atoms with Gasteiger partial charge in [-0.25, -0.2) is 0 Å². The van der Waals surface area contributed by atoms with Crippen molar-refractivity contribution >= 4 is 5.91 Å². The van der Waals surface area contributed by atoms with Gasteiger partial charge in [-0.2, -0.15) is 0 Å². The quantitative estimate of drug-likeness (QED) is 0.738. The van der Waals surface area contributed by atoms with Crippen molar-refractivity contribution in [2.45, 2.75) is 25.9 Å². The first-order chi connectivity index (χ1) is 14.1. The van der Waals surface area contributed by atoms with Crippen LogP contribution in [0.3, 0.4) is 0 Å². The SMILES string of the molecule is CC[C@@H](NC(=O)c1cccc(CN2CCOCC2)c1)c1ccc(OC)c(OC)c1. The van der Waals surface area contributed by atoms with Crippen molar-refractivity contribution < 1.29 is 19.0 Å². The van der Waals surface area contributed by atoms with Gasteiger partial charge in [0.1, 0.15) is 0 Å². The zero-order chi connectivity index (χ0) is 20.6. The van der Waals surface area contributed by atoms with Crippen LogP contribution in [0.25, 0.3) is 0 Å². The number of morpholine rings is 1. The molecule has 156 valence electrons. The van der Waals surface area contributed by atoms with Crippen molar-refractivity contribution in [2.24, 2.45) is 0 Å². The van der Waals surface area contributed by atoms with Crippen LogP contribution >= 0.6 is 0 Å². The van der Waals surface area contributed by atoms with E-state index in [0.717, 1.165) is 50.4 Å². The van der Waals surface area contributed by atoms with Gasteiger partial charge in [0.25, 0.3) is 5.91 Å². The van der Waals surface area contributed by atoms with E-state index < -0.39 is 0 Å². The summed E-state index contributed by atoms with van der Waals surface area (Å²) < 4.78 is 16.1. The van der Waals surface area contributed by atoms with E-state index in [-0.39, 0.29) is 11.9 Å². The van der Waals surface area contributed by atoms with Crippen LogP contribution in [0.1, 0.15) is 40.9 Å². The number of hydrogen-bond donors (Lipinski definition) is 1. The highest BCUT2D eigenvalue weighted by Gasteiger charge is 2.17. The lowest BCUT2D eigenvalue weighted by atomic mass is 10.0. The zero-order valence-electron chi connectivity index (χ0n) is 17.4. The van der Waals surface area contributed by atoms with E-state index in [1.165, 1.54) is 0 Å². The number of carbonyl (C=O) groups is 1. The Morgan fingerprint density at radius 2 is 1.86 bits per heavy atom. The van der Waals surface area contributed by atoms with Crippen molar-refractivity contribution in [1.82, 2.24) is 10.2 Å². The second kappa shape index (κ2) is 10.3. The molecule has 0 aromatic heterocycles. The summed E-state index contributed by atoms with van der Waals surface area (Å²) in [6, 6.07) is 13.5. The standard InChI is InChI=1S/C23H30N2O4/c1-4-20(18-8-9-21(27-2)22(15-18)28-3)24-23(26)19-7-5-6-17(14-19)16-25-10-12-29-13-11-25/h5-9,14-15,20H,4,10-13,16H2,1-3H3,(H,24,26)/t20-/m1/s1. The normalized spacial score (nSPS) is 15.6. The molecule has 1 fully saturated rings. The van der Waals surface area contributed by atoms with E-state index in [9.17, 15) is 4.79 Å². The highest BCUT2D eigenvalue weighted by Crippen LogP contribution is 2.31. The molecular weight excluding hydrogens is 368 g/mol. The number of nitrogens with one attached hydrogen (secondary N) is 1. The molecule has 0 bridgehead atoms. The molecule has 1 atom stereocenters. The Hall–Kier alpha value is -2.57. The van der Waals surface area contributed by atoms with Gasteiger partial charge in [-0.1, -0.05) is 25.1 Å². The molecule has 1 amide bonds. The molecular formula is C23H30N2O4. The number of rotatable bonds is 8. The lowest BCUT2D eigenvalue weighted by Gasteiger charge is -2.26. The number of carbonyl (C=O) groups excluding carboxylic acids is 1. The molecule has 6 nitrogen and oxygen atoms in total. The lowest BCUT2D eigenvalue weighted by molar-refractivity contribution is 0.0342. The van der Waals surface area contributed by atoms with Gasteiger partial charge >= 0.3 is 0 Å².